The van der Waals surface area contributed by atoms with Crippen LogP contribution in [-0.2, 0) is 6.54 Å². The Morgan fingerprint density at radius 2 is 1.62 bits per heavy atom. The smallest absolute Gasteiger partial charge is 0.120 e. The Labute approximate surface area is 190 Å². The number of aliphatic imine (C=N–C) groups is 1. The summed E-state index contributed by atoms with van der Waals surface area (Å²) in [4.78, 5) is 7.84. The van der Waals surface area contributed by atoms with E-state index in [0.29, 0.717) is 5.75 Å². The molecule has 1 atom stereocenters. The fraction of sp³-hybridized carbons (Fsp3) is 0.321. The third-order valence-electron chi connectivity index (χ3n) is 6.82. The van der Waals surface area contributed by atoms with Crippen molar-refractivity contribution in [3.63, 3.8) is 0 Å². The van der Waals surface area contributed by atoms with Crippen LogP contribution in [0.1, 0.15) is 47.6 Å². The molecule has 0 bridgehead atoms. The average molecular weight is 426 g/mol. The third kappa shape index (κ3) is 4.47. The second-order valence-electron chi connectivity index (χ2n) is 9.18. The van der Waals surface area contributed by atoms with E-state index in [1.807, 2.05) is 18.2 Å². The van der Waals surface area contributed by atoms with Crippen molar-refractivity contribution in [3.8, 4) is 5.75 Å². The molecule has 5 rings (SSSR count). The van der Waals surface area contributed by atoms with Crippen LogP contribution in [0.15, 0.2) is 83.9 Å². The molecule has 3 aromatic rings. The maximum Gasteiger partial charge on any atom is 0.120 e. The van der Waals surface area contributed by atoms with E-state index in [1.54, 1.807) is 6.07 Å². The molecule has 4 nitrogen and oxygen atoms in total. The van der Waals surface area contributed by atoms with Gasteiger partial charge in [-0.3, -0.25) is 15.2 Å². The maximum absolute atomic E-state index is 10.6. The first-order chi connectivity index (χ1) is 15.6. The molecule has 32 heavy (non-hydrogen) atoms. The summed E-state index contributed by atoms with van der Waals surface area (Å²) in [6.45, 7) is 5.09. The number of aryl methyl sites for hydroxylation is 1. The Bertz CT molecular complexity index is 1080. The van der Waals surface area contributed by atoms with Crippen LogP contribution in [0.4, 0.5) is 0 Å². The van der Waals surface area contributed by atoms with Crippen LogP contribution < -0.4 is 5.32 Å². The number of nitrogens with one attached hydrogen (secondary N) is 1. The number of likely N-dealkylation sites (tertiary alicyclic amines) is 1. The van der Waals surface area contributed by atoms with E-state index in [4.69, 9.17) is 4.99 Å². The maximum atomic E-state index is 10.6. The van der Waals surface area contributed by atoms with E-state index in [0.717, 1.165) is 50.2 Å². The third-order valence-corrected chi connectivity index (χ3v) is 6.82. The van der Waals surface area contributed by atoms with Crippen molar-refractivity contribution >= 4 is 5.71 Å². The number of hydrogen-bond acceptors (Lipinski definition) is 4. The minimum absolute atomic E-state index is 0.0469. The molecular formula is C28H31N3O. The van der Waals surface area contributed by atoms with E-state index >= 15 is 0 Å². The van der Waals surface area contributed by atoms with Crippen LogP contribution in [0, 0.1) is 6.92 Å². The highest BCUT2D eigenvalue weighted by atomic mass is 16.3. The summed E-state index contributed by atoms with van der Waals surface area (Å²) in [7, 11) is 0. The highest BCUT2D eigenvalue weighted by Crippen LogP contribution is 2.37. The fourth-order valence-electron chi connectivity index (χ4n) is 4.98. The van der Waals surface area contributed by atoms with Gasteiger partial charge in [0.05, 0.1) is 0 Å². The first kappa shape index (κ1) is 20.9. The van der Waals surface area contributed by atoms with Crippen molar-refractivity contribution in [3.05, 3.63) is 101 Å². The Balaban J connectivity index is 1.41. The molecule has 0 unspecified atom stereocenters. The molecule has 0 aliphatic carbocycles. The molecular weight excluding hydrogens is 394 g/mol. The Hall–Kier alpha value is -2.95. The first-order valence-corrected chi connectivity index (χ1v) is 11.6. The summed E-state index contributed by atoms with van der Waals surface area (Å²) < 4.78 is 0. The van der Waals surface area contributed by atoms with Crippen molar-refractivity contribution in [1.29, 1.82) is 0 Å². The number of piperidine rings is 1. The largest absolute Gasteiger partial charge is 0.508 e. The number of para-hydroxylation sites is 1. The quantitative estimate of drug-likeness (QED) is 0.603. The summed E-state index contributed by atoms with van der Waals surface area (Å²) in [5.74, 6) is 0.354. The van der Waals surface area contributed by atoms with Crippen molar-refractivity contribution in [2.45, 2.75) is 44.4 Å². The number of hydrogen-bond donors (Lipinski definition) is 2. The van der Waals surface area contributed by atoms with Gasteiger partial charge >= 0.3 is 0 Å². The first-order valence-electron chi connectivity index (χ1n) is 11.6. The predicted octanol–water partition coefficient (Wildman–Crippen LogP) is 5.22. The molecule has 0 amide bonds. The topological polar surface area (TPSA) is 47.9 Å². The molecule has 2 N–H and O–H groups in total. The van der Waals surface area contributed by atoms with Crippen LogP contribution in [0.5, 0.6) is 5.75 Å². The molecule has 164 valence electrons. The Morgan fingerprint density at radius 3 is 2.34 bits per heavy atom. The van der Waals surface area contributed by atoms with E-state index in [2.05, 4.69) is 71.7 Å². The van der Waals surface area contributed by atoms with Crippen LogP contribution in [0.3, 0.4) is 0 Å². The number of phenolic OH excluding ortho intramolecular Hbond substituents is 1. The van der Waals surface area contributed by atoms with Crippen LogP contribution >= 0.6 is 0 Å². The molecule has 1 spiro atoms. The van der Waals surface area contributed by atoms with E-state index in [-0.39, 0.29) is 11.7 Å². The monoisotopic (exact) mass is 425 g/mol. The van der Waals surface area contributed by atoms with Gasteiger partial charge in [0, 0.05) is 43.4 Å². The van der Waals surface area contributed by atoms with Crippen LogP contribution in [0.2, 0.25) is 0 Å². The Morgan fingerprint density at radius 1 is 0.938 bits per heavy atom. The minimum atomic E-state index is -0.293. The lowest BCUT2D eigenvalue weighted by molar-refractivity contribution is 0.120. The molecule has 0 radical (unpaired) electrons. The molecule has 2 heterocycles. The lowest BCUT2D eigenvalue weighted by Crippen LogP contribution is -2.55. The van der Waals surface area contributed by atoms with Gasteiger partial charge in [0.2, 0.25) is 0 Å². The molecule has 0 aromatic heterocycles. The van der Waals surface area contributed by atoms with Crippen molar-refractivity contribution in [2.75, 3.05) is 13.1 Å². The lowest BCUT2D eigenvalue weighted by atomic mass is 9.87. The van der Waals surface area contributed by atoms with Gasteiger partial charge in [-0.1, -0.05) is 78.4 Å². The highest BCUT2D eigenvalue weighted by molar-refractivity contribution is 6.01. The minimum Gasteiger partial charge on any atom is -0.508 e. The lowest BCUT2D eigenvalue weighted by Gasteiger charge is -2.45. The molecule has 1 saturated heterocycles. The molecule has 2 aliphatic heterocycles. The number of aromatic hydroxyl groups is 1. The number of phenols is 1. The Kier molecular flexibility index (Phi) is 5.81. The summed E-state index contributed by atoms with van der Waals surface area (Å²) in [5.41, 5.74) is 5.59. The second kappa shape index (κ2) is 8.89. The van der Waals surface area contributed by atoms with Crippen LogP contribution in [-0.4, -0.2) is 34.5 Å². The zero-order valence-corrected chi connectivity index (χ0v) is 18.7. The number of rotatable bonds is 4. The van der Waals surface area contributed by atoms with Gasteiger partial charge in [-0.2, -0.15) is 0 Å². The zero-order valence-electron chi connectivity index (χ0n) is 18.7. The number of nitrogens with zero attached hydrogens (tertiary/aromatic N) is 2. The van der Waals surface area contributed by atoms with Gasteiger partial charge in [0.15, 0.2) is 0 Å². The highest BCUT2D eigenvalue weighted by Gasteiger charge is 2.40. The zero-order chi connectivity index (χ0) is 22.0. The summed E-state index contributed by atoms with van der Waals surface area (Å²) in [5, 5.41) is 14.4. The number of benzene rings is 3. The van der Waals surface area contributed by atoms with Crippen LogP contribution in [0.25, 0.3) is 0 Å². The van der Waals surface area contributed by atoms with Crippen molar-refractivity contribution < 1.29 is 5.11 Å². The van der Waals surface area contributed by atoms with Crippen molar-refractivity contribution in [2.24, 2.45) is 4.99 Å². The SMILES string of the molecule is Cc1ccc(C2=NC3(CCN(Cc4ccccc4)CC3)N[C@@H](c3ccccc3O)C2)cc1. The molecule has 3 aromatic carbocycles. The normalized spacial score (nSPS) is 20.8. The summed E-state index contributed by atoms with van der Waals surface area (Å²) in [6.07, 6.45) is 2.69. The van der Waals surface area contributed by atoms with Gasteiger partial charge in [0.25, 0.3) is 0 Å². The second-order valence-corrected chi connectivity index (χ2v) is 9.18. The fourth-order valence-corrected chi connectivity index (χ4v) is 4.98. The predicted molar refractivity (Wildman–Crippen MR) is 130 cm³/mol. The van der Waals surface area contributed by atoms with Gasteiger partial charge in [0.1, 0.15) is 11.4 Å². The van der Waals surface area contributed by atoms with Gasteiger partial charge in [-0.15, -0.1) is 0 Å². The van der Waals surface area contributed by atoms with Gasteiger partial charge in [-0.25, -0.2) is 0 Å². The molecule has 1 fully saturated rings. The van der Waals surface area contributed by atoms with Gasteiger partial charge < -0.3 is 5.11 Å². The molecule has 0 saturated carbocycles. The van der Waals surface area contributed by atoms with E-state index < -0.39 is 0 Å². The summed E-state index contributed by atoms with van der Waals surface area (Å²) in [6, 6.07) is 27.1. The van der Waals surface area contributed by atoms with E-state index in [1.165, 1.54) is 16.7 Å². The van der Waals surface area contributed by atoms with E-state index in [9.17, 15) is 5.11 Å². The average Bonchev–Trinajstić information content (AvgIpc) is 2.82. The van der Waals surface area contributed by atoms with Crippen molar-refractivity contribution in [1.82, 2.24) is 10.2 Å². The standard InChI is InChI=1S/C28H31N3O/c1-21-11-13-23(14-12-21)25-19-26(24-9-5-6-10-27(24)32)30-28(29-25)15-17-31(18-16-28)20-22-7-3-2-4-8-22/h2-14,26,30,32H,15-20H2,1H3/t26-/m1/s1. The molecule has 2 aliphatic rings. The molecule has 4 heteroatoms. The summed E-state index contributed by atoms with van der Waals surface area (Å²) >= 11 is 0. The van der Waals surface area contributed by atoms with Gasteiger partial charge in [-0.05, 0) is 37.0 Å².